The molecule has 1 aromatic carbocycles. The van der Waals surface area contributed by atoms with E-state index in [4.69, 9.17) is 0 Å². The van der Waals surface area contributed by atoms with Gasteiger partial charge in [0.05, 0.1) is 6.54 Å². The molecule has 0 spiro atoms. The molecule has 0 saturated carbocycles. The fraction of sp³-hybridized carbons (Fsp3) is 0.529. The number of carbonyl (C=O) groups is 2. The van der Waals surface area contributed by atoms with Crippen LogP contribution in [0.25, 0.3) is 0 Å². The summed E-state index contributed by atoms with van der Waals surface area (Å²) in [4.78, 5) is 25.8. The number of nitrogens with zero attached hydrogens (tertiary/aromatic N) is 1. The van der Waals surface area contributed by atoms with Crippen molar-refractivity contribution in [3.63, 3.8) is 0 Å². The van der Waals surface area contributed by atoms with Gasteiger partial charge in [0.2, 0.25) is 5.91 Å². The summed E-state index contributed by atoms with van der Waals surface area (Å²) in [6.45, 7) is 6.05. The van der Waals surface area contributed by atoms with Crippen molar-refractivity contribution < 1.29 is 9.59 Å². The van der Waals surface area contributed by atoms with Gasteiger partial charge in [-0.3, -0.25) is 9.59 Å². The lowest BCUT2D eigenvalue weighted by Crippen LogP contribution is -2.49. The number of likely N-dealkylation sites (tertiary alicyclic amines) is 1. The highest BCUT2D eigenvalue weighted by Crippen LogP contribution is 2.22. The molecule has 1 aliphatic heterocycles. The fourth-order valence-corrected chi connectivity index (χ4v) is 3.03. The van der Waals surface area contributed by atoms with E-state index in [-0.39, 0.29) is 18.2 Å². The van der Waals surface area contributed by atoms with Crippen LogP contribution in [0, 0.1) is 0 Å². The second-order valence-electron chi connectivity index (χ2n) is 5.92. The van der Waals surface area contributed by atoms with Crippen LogP contribution >= 0.6 is 0 Å². The first-order valence-corrected chi connectivity index (χ1v) is 7.65. The maximum atomic E-state index is 12.4. The van der Waals surface area contributed by atoms with Crippen molar-refractivity contribution in [2.24, 2.45) is 0 Å². The van der Waals surface area contributed by atoms with Gasteiger partial charge in [0.15, 0.2) is 5.78 Å². The molecule has 1 amide bonds. The zero-order valence-electron chi connectivity index (χ0n) is 13.1. The Labute approximate surface area is 126 Å². The Hall–Kier alpha value is -1.84. The van der Waals surface area contributed by atoms with Crippen LogP contribution < -0.4 is 5.32 Å². The number of hydrogen-bond donors (Lipinski definition) is 1. The molecule has 1 fully saturated rings. The average Bonchev–Trinajstić information content (AvgIpc) is 2.45. The fourth-order valence-electron chi connectivity index (χ4n) is 3.03. The Morgan fingerprint density at radius 2 is 1.90 bits per heavy atom. The van der Waals surface area contributed by atoms with Crippen LogP contribution in [0.5, 0.6) is 0 Å². The number of carbonyl (C=O) groups excluding carboxylic acids is 2. The third kappa shape index (κ3) is 3.84. The summed E-state index contributed by atoms with van der Waals surface area (Å²) in [7, 11) is 0. The van der Waals surface area contributed by atoms with Crippen molar-refractivity contribution in [3.05, 3.63) is 29.8 Å². The minimum Gasteiger partial charge on any atom is -0.376 e. The molecule has 2 unspecified atom stereocenters. The first-order chi connectivity index (χ1) is 9.99. The van der Waals surface area contributed by atoms with Gasteiger partial charge in [-0.1, -0.05) is 12.1 Å². The van der Waals surface area contributed by atoms with E-state index in [1.54, 1.807) is 19.1 Å². The zero-order valence-corrected chi connectivity index (χ0v) is 13.1. The lowest BCUT2D eigenvalue weighted by molar-refractivity contribution is -0.135. The number of benzene rings is 1. The molecule has 1 N–H and O–H groups in total. The maximum Gasteiger partial charge on any atom is 0.242 e. The van der Waals surface area contributed by atoms with Gasteiger partial charge in [-0.25, -0.2) is 0 Å². The van der Waals surface area contributed by atoms with Crippen molar-refractivity contribution in [2.75, 3.05) is 11.9 Å². The van der Waals surface area contributed by atoms with Gasteiger partial charge >= 0.3 is 0 Å². The Balaban J connectivity index is 1.97. The Kier molecular flexibility index (Phi) is 4.99. The SMILES string of the molecule is CC(=O)c1cccc(NCC(=O)N2C(C)CCCC2C)c1. The number of anilines is 1. The van der Waals surface area contributed by atoms with Crippen molar-refractivity contribution in [2.45, 2.75) is 52.1 Å². The molecule has 2 rings (SSSR count). The van der Waals surface area contributed by atoms with Crippen LogP contribution in [-0.4, -0.2) is 35.2 Å². The van der Waals surface area contributed by atoms with Gasteiger partial charge in [-0.05, 0) is 52.2 Å². The predicted molar refractivity (Wildman–Crippen MR) is 84.6 cm³/mol. The summed E-state index contributed by atoms with van der Waals surface area (Å²) in [5, 5.41) is 3.13. The van der Waals surface area contributed by atoms with Gasteiger partial charge in [0.25, 0.3) is 0 Å². The molecule has 0 aromatic heterocycles. The topological polar surface area (TPSA) is 49.4 Å². The number of Topliss-reactive ketones (excluding diaryl/α,β-unsaturated/α-hetero) is 1. The van der Waals surface area contributed by atoms with Crippen LogP contribution in [0.1, 0.15) is 50.4 Å². The Morgan fingerprint density at radius 1 is 1.24 bits per heavy atom. The van der Waals surface area contributed by atoms with Crippen molar-refractivity contribution >= 4 is 17.4 Å². The summed E-state index contributed by atoms with van der Waals surface area (Å²) in [5.41, 5.74) is 1.47. The minimum absolute atomic E-state index is 0.0308. The molecule has 1 aliphatic rings. The Bertz CT molecular complexity index is 517. The van der Waals surface area contributed by atoms with E-state index in [9.17, 15) is 9.59 Å². The second-order valence-corrected chi connectivity index (χ2v) is 5.92. The lowest BCUT2D eigenvalue weighted by Gasteiger charge is -2.39. The molecule has 1 saturated heterocycles. The van der Waals surface area contributed by atoms with Gasteiger partial charge in [0, 0.05) is 23.3 Å². The summed E-state index contributed by atoms with van der Waals surface area (Å²) < 4.78 is 0. The van der Waals surface area contributed by atoms with Crippen LogP contribution in [0.2, 0.25) is 0 Å². The van der Waals surface area contributed by atoms with E-state index in [2.05, 4.69) is 19.2 Å². The lowest BCUT2D eigenvalue weighted by atomic mass is 9.97. The van der Waals surface area contributed by atoms with Crippen LogP contribution in [0.4, 0.5) is 5.69 Å². The first kappa shape index (κ1) is 15.5. The highest BCUT2D eigenvalue weighted by molar-refractivity contribution is 5.95. The normalized spacial score (nSPS) is 22.0. The smallest absolute Gasteiger partial charge is 0.242 e. The minimum atomic E-state index is 0.0308. The molecule has 4 heteroatoms. The van der Waals surface area contributed by atoms with E-state index in [0.717, 1.165) is 18.5 Å². The first-order valence-electron chi connectivity index (χ1n) is 7.65. The van der Waals surface area contributed by atoms with E-state index in [0.29, 0.717) is 17.6 Å². The van der Waals surface area contributed by atoms with Crippen molar-refractivity contribution in [1.82, 2.24) is 4.90 Å². The van der Waals surface area contributed by atoms with Crippen molar-refractivity contribution in [3.8, 4) is 0 Å². The molecule has 1 heterocycles. The quantitative estimate of drug-likeness (QED) is 0.866. The molecule has 0 aliphatic carbocycles. The van der Waals surface area contributed by atoms with Gasteiger partial charge in [0.1, 0.15) is 0 Å². The van der Waals surface area contributed by atoms with Crippen molar-refractivity contribution in [1.29, 1.82) is 0 Å². The summed E-state index contributed by atoms with van der Waals surface area (Å²) in [6, 6.07) is 7.90. The van der Waals surface area contributed by atoms with E-state index in [1.165, 1.54) is 6.42 Å². The highest BCUT2D eigenvalue weighted by Gasteiger charge is 2.28. The molecule has 2 atom stereocenters. The number of nitrogens with one attached hydrogen (secondary N) is 1. The molecular weight excluding hydrogens is 264 g/mol. The molecule has 114 valence electrons. The Morgan fingerprint density at radius 3 is 2.52 bits per heavy atom. The van der Waals surface area contributed by atoms with Crippen LogP contribution in [0.3, 0.4) is 0 Å². The number of hydrogen-bond acceptors (Lipinski definition) is 3. The van der Waals surface area contributed by atoms with Gasteiger partial charge < -0.3 is 10.2 Å². The number of ketones is 1. The second kappa shape index (κ2) is 6.74. The summed E-state index contributed by atoms with van der Waals surface area (Å²) in [5.74, 6) is 0.158. The van der Waals surface area contributed by atoms with Gasteiger partial charge in [-0.15, -0.1) is 0 Å². The predicted octanol–water partition coefficient (Wildman–Crippen LogP) is 3.09. The molecule has 4 nitrogen and oxygen atoms in total. The zero-order chi connectivity index (χ0) is 15.4. The largest absolute Gasteiger partial charge is 0.376 e. The molecule has 0 bridgehead atoms. The number of piperidine rings is 1. The molecule has 0 radical (unpaired) electrons. The van der Waals surface area contributed by atoms with Crippen LogP contribution in [0.15, 0.2) is 24.3 Å². The molecule has 21 heavy (non-hydrogen) atoms. The number of rotatable bonds is 4. The summed E-state index contributed by atoms with van der Waals surface area (Å²) in [6.07, 6.45) is 3.35. The third-order valence-corrected chi connectivity index (χ3v) is 4.19. The molecular formula is C17H24N2O2. The molecule has 1 aromatic rings. The number of amides is 1. The van der Waals surface area contributed by atoms with E-state index >= 15 is 0 Å². The highest BCUT2D eigenvalue weighted by atomic mass is 16.2. The van der Waals surface area contributed by atoms with Crippen LogP contribution in [-0.2, 0) is 4.79 Å². The van der Waals surface area contributed by atoms with Gasteiger partial charge in [-0.2, -0.15) is 0 Å². The monoisotopic (exact) mass is 288 g/mol. The summed E-state index contributed by atoms with van der Waals surface area (Å²) >= 11 is 0. The van der Waals surface area contributed by atoms with E-state index < -0.39 is 0 Å². The standard InChI is InChI=1S/C17H24N2O2/c1-12-6-4-7-13(2)19(12)17(21)11-18-16-9-5-8-15(10-16)14(3)20/h5,8-10,12-13,18H,4,6-7,11H2,1-3H3. The average molecular weight is 288 g/mol. The third-order valence-electron chi connectivity index (χ3n) is 4.19. The maximum absolute atomic E-state index is 12.4. The van der Waals surface area contributed by atoms with E-state index in [1.807, 2.05) is 17.0 Å².